The number of anilines is 1. The van der Waals surface area contributed by atoms with E-state index in [1.54, 1.807) is 4.88 Å². The van der Waals surface area contributed by atoms with Crippen LogP contribution in [0.15, 0.2) is 35.7 Å². The normalized spacial score (nSPS) is 14.8. The molecule has 0 unspecified atom stereocenters. The first kappa shape index (κ1) is 11.3. The highest BCUT2D eigenvalue weighted by atomic mass is 79.9. The number of alkyl halides is 1. The first-order valence-corrected chi connectivity index (χ1v) is 7.82. The Morgan fingerprint density at radius 1 is 1.18 bits per heavy atom. The highest BCUT2D eigenvalue weighted by molar-refractivity contribution is 9.08. The van der Waals surface area contributed by atoms with Crippen LogP contribution < -0.4 is 4.90 Å². The summed E-state index contributed by atoms with van der Waals surface area (Å²) in [5, 5.41) is 3.14. The minimum Gasteiger partial charge on any atom is -0.367 e. The Hall–Kier alpha value is -0.800. The molecule has 0 amide bonds. The van der Waals surface area contributed by atoms with Gasteiger partial charge in [-0.25, -0.2) is 0 Å². The van der Waals surface area contributed by atoms with Crippen LogP contribution in [-0.4, -0.2) is 6.54 Å². The molecular weight excluding hydrogens is 294 g/mol. The largest absolute Gasteiger partial charge is 0.367 e. The van der Waals surface area contributed by atoms with E-state index in [4.69, 9.17) is 0 Å². The topological polar surface area (TPSA) is 3.24 Å². The Labute approximate surface area is 114 Å². The van der Waals surface area contributed by atoms with Gasteiger partial charge in [0.1, 0.15) is 0 Å². The van der Waals surface area contributed by atoms with Gasteiger partial charge in [-0.15, -0.1) is 11.3 Å². The molecule has 88 valence electrons. The zero-order valence-corrected chi connectivity index (χ0v) is 11.9. The molecule has 1 aromatic heterocycles. The van der Waals surface area contributed by atoms with Crippen LogP contribution in [-0.2, 0) is 18.3 Å². The fraction of sp³-hybridized carbons (Fsp3) is 0.286. The smallest absolute Gasteiger partial charge is 0.0440 e. The van der Waals surface area contributed by atoms with Gasteiger partial charge in [0, 0.05) is 29.0 Å². The fourth-order valence-corrected chi connectivity index (χ4v) is 3.53. The summed E-state index contributed by atoms with van der Waals surface area (Å²) in [7, 11) is 0. The van der Waals surface area contributed by atoms with Crippen molar-refractivity contribution >= 4 is 33.0 Å². The van der Waals surface area contributed by atoms with Crippen LogP contribution in [0.1, 0.15) is 16.0 Å². The minimum absolute atomic E-state index is 0.932. The Balaban J connectivity index is 1.81. The lowest BCUT2D eigenvalue weighted by atomic mass is 10.1. The summed E-state index contributed by atoms with van der Waals surface area (Å²) in [5.41, 5.74) is 4.18. The van der Waals surface area contributed by atoms with Gasteiger partial charge in [0.05, 0.1) is 0 Å². The second-order valence-electron chi connectivity index (χ2n) is 4.34. The van der Waals surface area contributed by atoms with E-state index in [1.165, 1.54) is 23.2 Å². The molecule has 3 rings (SSSR count). The van der Waals surface area contributed by atoms with E-state index in [1.807, 2.05) is 11.3 Å². The molecule has 17 heavy (non-hydrogen) atoms. The van der Waals surface area contributed by atoms with Crippen LogP contribution in [0.5, 0.6) is 0 Å². The number of rotatable bonds is 2. The van der Waals surface area contributed by atoms with Crippen LogP contribution in [0.2, 0.25) is 0 Å². The number of benzene rings is 1. The van der Waals surface area contributed by atoms with E-state index >= 15 is 0 Å². The molecule has 0 aliphatic carbocycles. The second-order valence-corrected chi connectivity index (χ2v) is 5.90. The van der Waals surface area contributed by atoms with E-state index in [9.17, 15) is 0 Å². The molecule has 3 heteroatoms. The molecule has 0 saturated carbocycles. The van der Waals surface area contributed by atoms with Gasteiger partial charge >= 0.3 is 0 Å². The van der Waals surface area contributed by atoms with Gasteiger partial charge in [0.2, 0.25) is 0 Å². The predicted molar refractivity (Wildman–Crippen MR) is 78.1 cm³/mol. The summed E-state index contributed by atoms with van der Waals surface area (Å²) in [4.78, 5) is 4.03. The Morgan fingerprint density at radius 2 is 2.00 bits per heavy atom. The van der Waals surface area contributed by atoms with Crippen LogP contribution >= 0.6 is 27.3 Å². The monoisotopic (exact) mass is 307 g/mol. The number of hydrogen-bond acceptors (Lipinski definition) is 2. The molecule has 0 radical (unpaired) electrons. The van der Waals surface area contributed by atoms with Crippen LogP contribution in [0.25, 0.3) is 0 Å². The number of fused-ring (bicyclic) bond motifs is 1. The van der Waals surface area contributed by atoms with Gasteiger partial charge in [0.15, 0.2) is 0 Å². The van der Waals surface area contributed by atoms with Gasteiger partial charge < -0.3 is 4.90 Å². The zero-order valence-electron chi connectivity index (χ0n) is 9.53. The second kappa shape index (κ2) is 4.83. The summed E-state index contributed by atoms with van der Waals surface area (Å²) < 4.78 is 0. The molecule has 0 N–H and O–H groups in total. The molecule has 0 fully saturated rings. The third kappa shape index (κ3) is 2.26. The standard InChI is InChI=1S/C14H14BrNS/c15-9-11-1-3-13(4-2-11)16-7-5-14-12(10-16)6-8-17-14/h1-4,6,8H,5,7,9-10H2. The van der Waals surface area contributed by atoms with Crippen molar-refractivity contribution in [1.82, 2.24) is 0 Å². The summed E-state index contributed by atoms with van der Waals surface area (Å²) in [6.45, 7) is 2.20. The summed E-state index contributed by atoms with van der Waals surface area (Å²) in [6.07, 6.45) is 1.19. The molecule has 1 aromatic carbocycles. The Kier molecular flexibility index (Phi) is 3.21. The van der Waals surface area contributed by atoms with Crippen LogP contribution in [0.3, 0.4) is 0 Å². The number of hydrogen-bond donors (Lipinski definition) is 0. The first-order valence-electron chi connectivity index (χ1n) is 5.82. The van der Waals surface area contributed by atoms with Crippen molar-refractivity contribution in [2.24, 2.45) is 0 Å². The molecule has 1 aliphatic heterocycles. The van der Waals surface area contributed by atoms with Crippen molar-refractivity contribution in [2.45, 2.75) is 18.3 Å². The molecule has 0 spiro atoms. The van der Waals surface area contributed by atoms with Gasteiger partial charge in [-0.2, -0.15) is 0 Å². The number of thiophene rings is 1. The van der Waals surface area contributed by atoms with Crippen molar-refractivity contribution in [2.75, 3.05) is 11.4 Å². The average molecular weight is 308 g/mol. The lowest BCUT2D eigenvalue weighted by Gasteiger charge is -2.29. The van der Waals surface area contributed by atoms with Crippen molar-refractivity contribution in [3.05, 3.63) is 51.7 Å². The summed E-state index contributed by atoms with van der Waals surface area (Å²) in [5.74, 6) is 0. The maximum atomic E-state index is 3.48. The SMILES string of the molecule is BrCc1ccc(N2CCc3sccc3C2)cc1. The number of halogens is 1. The van der Waals surface area contributed by atoms with Crippen molar-refractivity contribution in [3.8, 4) is 0 Å². The maximum absolute atomic E-state index is 3.48. The molecular formula is C14H14BrNS. The zero-order chi connectivity index (χ0) is 11.7. The Morgan fingerprint density at radius 3 is 2.76 bits per heavy atom. The van der Waals surface area contributed by atoms with E-state index < -0.39 is 0 Å². The highest BCUT2D eigenvalue weighted by Crippen LogP contribution is 2.28. The lowest BCUT2D eigenvalue weighted by molar-refractivity contribution is 0.744. The molecule has 1 nitrogen and oxygen atoms in total. The first-order chi connectivity index (χ1) is 8.36. The van der Waals surface area contributed by atoms with Gasteiger partial charge in [-0.3, -0.25) is 0 Å². The fourth-order valence-electron chi connectivity index (χ4n) is 2.26. The molecule has 1 aliphatic rings. The van der Waals surface area contributed by atoms with Crippen molar-refractivity contribution in [1.29, 1.82) is 0 Å². The van der Waals surface area contributed by atoms with E-state index in [0.29, 0.717) is 0 Å². The quantitative estimate of drug-likeness (QED) is 0.751. The Bertz CT molecular complexity index is 503. The van der Waals surface area contributed by atoms with Gasteiger partial charge in [-0.05, 0) is 41.1 Å². The van der Waals surface area contributed by atoms with Gasteiger partial charge in [0.25, 0.3) is 0 Å². The molecule has 2 heterocycles. The molecule has 0 saturated heterocycles. The van der Waals surface area contributed by atoms with Crippen LogP contribution in [0.4, 0.5) is 5.69 Å². The highest BCUT2D eigenvalue weighted by Gasteiger charge is 2.17. The maximum Gasteiger partial charge on any atom is 0.0440 e. The average Bonchev–Trinajstić information content (AvgIpc) is 2.86. The number of nitrogens with zero attached hydrogens (tertiary/aromatic N) is 1. The summed E-state index contributed by atoms with van der Waals surface area (Å²) in [6, 6.07) is 11.1. The third-order valence-electron chi connectivity index (χ3n) is 3.26. The van der Waals surface area contributed by atoms with E-state index in [2.05, 4.69) is 56.5 Å². The molecule has 2 aromatic rings. The van der Waals surface area contributed by atoms with Gasteiger partial charge in [-0.1, -0.05) is 28.1 Å². The van der Waals surface area contributed by atoms with E-state index in [0.717, 1.165) is 18.4 Å². The van der Waals surface area contributed by atoms with Crippen LogP contribution in [0, 0.1) is 0 Å². The predicted octanol–water partition coefficient (Wildman–Crippen LogP) is 4.21. The summed E-state index contributed by atoms with van der Waals surface area (Å²) >= 11 is 5.38. The molecule has 0 atom stereocenters. The van der Waals surface area contributed by atoms with Crippen molar-refractivity contribution in [3.63, 3.8) is 0 Å². The lowest BCUT2D eigenvalue weighted by Crippen LogP contribution is -2.29. The third-order valence-corrected chi connectivity index (χ3v) is 4.93. The minimum atomic E-state index is 0.932. The van der Waals surface area contributed by atoms with E-state index in [-0.39, 0.29) is 0 Å². The van der Waals surface area contributed by atoms with Crippen molar-refractivity contribution < 1.29 is 0 Å². The molecule has 0 bridgehead atoms.